The molecular weight excluding hydrogens is 288 g/mol. The van der Waals surface area contributed by atoms with Crippen LogP contribution in [0.25, 0.3) is 0 Å². The zero-order valence-electron chi connectivity index (χ0n) is 12.1. The number of nitrogens with one attached hydrogen (secondary N) is 2. The molecular formula is C15H19ClN4O. The van der Waals surface area contributed by atoms with E-state index in [0.29, 0.717) is 10.7 Å². The largest absolute Gasteiger partial charge is 0.395 e. The van der Waals surface area contributed by atoms with Crippen LogP contribution in [0.3, 0.4) is 0 Å². The average Bonchev–Trinajstić information content (AvgIpc) is 2.81. The molecule has 21 heavy (non-hydrogen) atoms. The summed E-state index contributed by atoms with van der Waals surface area (Å²) in [5.74, 6) is -0.284. The van der Waals surface area contributed by atoms with E-state index in [1.54, 1.807) is 12.1 Å². The molecule has 2 rings (SSSR count). The molecule has 0 spiro atoms. The van der Waals surface area contributed by atoms with Gasteiger partial charge in [-0.15, -0.1) is 0 Å². The maximum Gasteiger partial charge on any atom is 0.274 e. The van der Waals surface area contributed by atoms with Crippen LogP contribution in [-0.2, 0) is 6.42 Å². The highest BCUT2D eigenvalue weighted by atomic mass is 35.5. The fraction of sp³-hybridized carbons (Fsp3) is 0.333. The molecule has 0 bridgehead atoms. The highest BCUT2D eigenvalue weighted by Gasteiger charge is 2.19. The van der Waals surface area contributed by atoms with E-state index in [9.17, 15) is 4.79 Å². The molecule has 6 heteroatoms. The van der Waals surface area contributed by atoms with Crippen LogP contribution in [0.5, 0.6) is 0 Å². The second kappa shape index (κ2) is 6.63. The van der Waals surface area contributed by atoms with Gasteiger partial charge in [-0.05, 0) is 31.0 Å². The van der Waals surface area contributed by atoms with Crippen molar-refractivity contribution >= 4 is 23.2 Å². The molecule has 1 unspecified atom stereocenters. The number of rotatable bonds is 5. The summed E-state index contributed by atoms with van der Waals surface area (Å²) in [6, 6.07) is 7.19. The number of carbonyl (C=O) groups excluding carboxylic acids is 1. The van der Waals surface area contributed by atoms with Crippen molar-refractivity contribution in [2.45, 2.75) is 32.7 Å². The summed E-state index contributed by atoms with van der Waals surface area (Å²) in [7, 11) is 0. The molecule has 2 aromatic rings. The molecule has 0 fully saturated rings. The first-order valence-electron chi connectivity index (χ1n) is 6.92. The molecule has 112 valence electrons. The molecule has 0 radical (unpaired) electrons. The molecule has 0 saturated carbocycles. The van der Waals surface area contributed by atoms with Crippen molar-refractivity contribution in [3.63, 3.8) is 0 Å². The quantitative estimate of drug-likeness (QED) is 0.793. The molecule has 0 aliphatic rings. The highest BCUT2D eigenvalue weighted by molar-refractivity contribution is 6.30. The van der Waals surface area contributed by atoms with Gasteiger partial charge in [-0.2, -0.15) is 5.10 Å². The lowest BCUT2D eigenvalue weighted by Gasteiger charge is -2.13. The van der Waals surface area contributed by atoms with Gasteiger partial charge >= 0.3 is 0 Å². The zero-order chi connectivity index (χ0) is 15.4. The molecule has 0 saturated heterocycles. The van der Waals surface area contributed by atoms with Crippen LogP contribution in [-0.4, -0.2) is 16.1 Å². The number of benzene rings is 1. The van der Waals surface area contributed by atoms with Gasteiger partial charge in [-0.1, -0.05) is 37.1 Å². The zero-order valence-corrected chi connectivity index (χ0v) is 12.9. The molecule has 1 heterocycles. The number of H-pyrrole nitrogens is 1. The lowest BCUT2D eigenvalue weighted by atomic mass is 10.1. The number of nitrogen functional groups attached to an aromatic ring is 1. The van der Waals surface area contributed by atoms with Gasteiger partial charge in [-0.3, -0.25) is 9.89 Å². The summed E-state index contributed by atoms with van der Waals surface area (Å²) in [6.07, 6.45) is 1.72. The van der Waals surface area contributed by atoms with Crippen LogP contribution in [0.1, 0.15) is 48.1 Å². The van der Waals surface area contributed by atoms with E-state index in [-0.39, 0.29) is 17.6 Å². The Morgan fingerprint density at radius 1 is 1.43 bits per heavy atom. The van der Waals surface area contributed by atoms with Crippen LogP contribution in [0.15, 0.2) is 24.3 Å². The second-order valence-corrected chi connectivity index (χ2v) is 5.40. The highest BCUT2D eigenvalue weighted by Crippen LogP contribution is 2.19. The van der Waals surface area contributed by atoms with E-state index in [0.717, 1.165) is 24.1 Å². The van der Waals surface area contributed by atoms with Crippen LogP contribution in [0, 0.1) is 0 Å². The van der Waals surface area contributed by atoms with E-state index in [4.69, 9.17) is 17.3 Å². The second-order valence-electron chi connectivity index (χ2n) is 4.96. The summed E-state index contributed by atoms with van der Waals surface area (Å²) in [6.45, 7) is 3.94. The molecule has 0 aliphatic heterocycles. The fourth-order valence-electron chi connectivity index (χ4n) is 2.10. The number of halogens is 1. The van der Waals surface area contributed by atoms with Gasteiger partial charge < -0.3 is 11.1 Å². The van der Waals surface area contributed by atoms with Gasteiger partial charge in [0, 0.05) is 5.02 Å². The normalized spacial score (nSPS) is 12.1. The number of nitrogens with zero attached hydrogens (tertiary/aromatic N) is 1. The van der Waals surface area contributed by atoms with Gasteiger partial charge in [0.05, 0.1) is 17.4 Å². The Morgan fingerprint density at radius 2 is 2.10 bits per heavy atom. The SMILES string of the molecule is CCCc1[nH]nc(C(=O)NC(C)c2ccc(Cl)cc2)c1N. The maximum atomic E-state index is 12.2. The minimum absolute atomic E-state index is 0.152. The van der Waals surface area contributed by atoms with Gasteiger partial charge in [0.1, 0.15) is 0 Å². The topological polar surface area (TPSA) is 83.8 Å². The molecule has 5 nitrogen and oxygen atoms in total. The van der Waals surface area contributed by atoms with Crippen LogP contribution < -0.4 is 11.1 Å². The number of hydrogen-bond acceptors (Lipinski definition) is 3. The number of aryl methyl sites for hydroxylation is 1. The summed E-state index contributed by atoms with van der Waals surface area (Å²) in [4.78, 5) is 12.2. The predicted octanol–water partition coefficient (Wildman–Crippen LogP) is 3.09. The smallest absolute Gasteiger partial charge is 0.274 e. The Labute approximate surface area is 128 Å². The third kappa shape index (κ3) is 3.55. The monoisotopic (exact) mass is 306 g/mol. The van der Waals surface area contributed by atoms with Gasteiger partial charge in [0.2, 0.25) is 0 Å². The van der Waals surface area contributed by atoms with Crippen molar-refractivity contribution in [1.29, 1.82) is 0 Å². The van der Waals surface area contributed by atoms with Crippen molar-refractivity contribution in [3.05, 3.63) is 46.2 Å². The standard InChI is InChI=1S/C15H19ClN4O/c1-3-4-12-13(17)14(20-19-12)15(21)18-9(2)10-5-7-11(16)8-6-10/h5-9H,3-4,17H2,1-2H3,(H,18,21)(H,19,20). The summed E-state index contributed by atoms with van der Waals surface area (Å²) in [5.41, 5.74) is 8.41. The van der Waals surface area contributed by atoms with Crippen molar-refractivity contribution in [3.8, 4) is 0 Å². The Kier molecular flexibility index (Phi) is 4.85. The van der Waals surface area contributed by atoms with Crippen molar-refractivity contribution in [1.82, 2.24) is 15.5 Å². The minimum atomic E-state index is -0.284. The van der Waals surface area contributed by atoms with E-state index in [2.05, 4.69) is 15.5 Å². The van der Waals surface area contributed by atoms with Crippen molar-refractivity contribution in [2.75, 3.05) is 5.73 Å². The number of hydrogen-bond donors (Lipinski definition) is 3. The van der Waals surface area contributed by atoms with Crippen LogP contribution in [0.2, 0.25) is 5.02 Å². The Morgan fingerprint density at radius 3 is 2.71 bits per heavy atom. The first-order valence-corrected chi connectivity index (χ1v) is 7.29. The lowest BCUT2D eigenvalue weighted by molar-refractivity contribution is 0.0935. The molecule has 0 aliphatic carbocycles. The number of aromatic nitrogens is 2. The number of aromatic amines is 1. The Hall–Kier alpha value is -2.01. The van der Waals surface area contributed by atoms with E-state index in [1.807, 2.05) is 26.0 Å². The number of nitrogens with two attached hydrogens (primary N) is 1. The third-order valence-corrected chi connectivity index (χ3v) is 3.57. The molecule has 1 atom stereocenters. The van der Waals surface area contributed by atoms with Gasteiger partial charge in [0.15, 0.2) is 5.69 Å². The summed E-state index contributed by atoms with van der Waals surface area (Å²) >= 11 is 5.85. The summed E-state index contributed by atoms with van der Waals surface area (Å²) < 4.78 is 0. The number of anilines is 1. The van der Waals surface area contributed by atoms with Crippen LogP contribution in [0.4, 0.5) is 5.69 Å². The number of carbonyl (C=O) groups is 1. The average molecular weight is 307 g/mol. The first-order chi connectivity index (χ1) is 10.0. The summed E-state index contributed by atoms with van der Waals surface area (Å²) in [5, 5.41) is 10.4. The lowest BCUT2D eigenvalue weighted by Crippen LogP contribution is -2.27. The van der Waals surface area contributed by atoms with Gasteiger partial charge in [0.25, 0.3) is 5.91 Å². The molecule has 4 N–H and O–H groups in total. The maximum absolute atomic E-state index is 12.2. The molecule has 1 aromatic carbocycles. The third-order valence-electron chi connectivity index (χ3n) is 3.32. The fourth-order valence-corrected chi connectivity index (χ4v) is 2.23. The van der Waals surface area contributed by atoms with Crippen molar-refractivity contribution in [2.24, 2.45) is 0 Å². The van der Waals surface area contributed by atoms with E-state index >= 15 is 0 Å². The predicted molar refractivity (Wildman–Crippen MR) is 84.3 cm³/mol. The number of amides is 1. The first kappa shape index (κ1) is 15.4. The Balaban J connectivity index is 2.09. The van der Waals surface area contributed by atoms with E-state index < -0.39 is 0 Å². The van der Waals surface area contributed by atoms with E-state index in [1.165, 1.54) is 0 Å². The van der Waals surface area contributed by atoms with Crippen LogP contribution >= 0.6 is 11.6 Å². The van der Waals surface area contributed by atoms with Crippen molar-refractivity contribution < 1.29 is 4.79 Å². The molecule has 1 aromatic heterocycles. The molecule has 1 amide bonds. The van der Waals surface area contributed by atoms with Gasteiger partial charge in [-0.25, -0.2) is 0 Å². The Bertz CT molecular complexity index is 621. The minimum Gasteiger partial charge on any atom is -0.395 e.